The van der Waals surface area contributed by atoms with Crippen molar-refractivity contribution in [1.82, 2.24) is 0 Å². The molecule has 117 heavy (non-hydrogen) atoms. The lowest BCUT2D eigenvalue weighted by Gasteiger charge is -2.42. The maximum atomic E-state index is 2.67. The Morgan fingerprint density at radius 1 is 0.205 bits per heavy atom. The molecule has 0 saturated heterocycles. The molecule has 0 fully saturated rings. The Bertz CT molecular complexity index is 6500. The zero-order valence-electron chi connectivity index (χ0n) is 63.7. The van der Waals surface area contributed by atoms with Crippen LogP contribution in [0.25, 0.3) is 66.8 Å². The van der Waals surface area contributed by atoms with E-state index < -0.39 is 5.41 Å². The molecule has 0 atom stereocenters. The Hall–Kier alpha value is -14.0. The zero-order valence-corrected chi connectivity index (χ0v) is 65.3. The Labute approximate surface area is 691 Å². The van der Waals surface area contributed by atoms with Crippen molar-refractivity contribution in [3.63, 3.8) is 0 Å². The van der Waals surface area contributed by atoms with Gasteiger partial charge in [-0.2, -0.15) is 0 Å². The molecule has 0 radical (unpaired) electrons. The van der Waals surface area contributed by atoms with Crippen molar-refractivity contribution in [3.05, 3.63) is 447 Å². The monoisotopic (exact) mass is 1520 g/mol. The largest absolute Gasteiger partial charge is 0.311 e. The third-order valence-corrected chi connectivity index (χ3v) is 27.4. The topological polar surface area (TPSA) is 13.0 Å². The van der Waals surface area contributed by atoms with Gasteiger partial charge in [0.2, 0.25) is 13.4 Å². The fraction of sp³-hybridized carbons (Fsp3) is 0.00917. The van der Waals surface area contributed by atoms with E-state index in [-0.39, 0.29) is 13.4 Å². The second kappa shape index (κ2) is 27.1. The molecule has 6 aliphatic rings. The summed E-state index contributed by atoms with van der Waals surface area (Å²) >= 11 is 3.89. The van der Waals surface area contributed by atoms with Crippen LogP contribution in [-0.2, 0) is 5.41 Å². The molecule has 4 heterocycles. The van der Waals surface area contributed by atoms with E-state index in [4.69, 9.17) is 0 Å². The molecule has 18 aromatic carbocycles. The summed E-state index contributed by atoms with van der Waals surface area (Å²) in [6.07, 6.45) is 0. The van der Waals surface area contributed by atoms with Crippen LogP contribution in [0, 0.1) is 0 Å². The summed E-state index contributed by atoms with van der Waals surface area (Å²) in [6.45, 7) is -0.276. The number of benzene rings is 18. The average Bonchev–Trinajstić information content (AvgIpc) is 1.52. The SMILES string of the molecule is c1ccc(-c2ccc(N3c4ccc(-c5ccccc5)cc4B4c5cc6c(cc5Sc5cc(N(c7ccccc7)c7ccccc7)cc3c54)C3(c4ccccc4-6)c4ccccc4-c4cc5c(cc43)Sc3cc(N(c4ccccc4)c4ccccc4)cc4c3B5c3cc(-c5ccccc5)ccc3N4c3ccc(-c4ccccc4)cc3)cc2)cc1. The summed E-state index contributed by atoms with van der Waals surface area (Å²) in [6, 6.07) is 160. The van der Waals surface area contributed by atoms with Crippen molar-refractivity contribution in [1.29, 1.82) is 0 Å². The first kappa shape index (κ1) is 67.5. The number of hydrogen-bond acceptors (Lipinski definition) is 6. The first-order valence-electron chi connectivity index (χ1n) is 40.4. The molecule has 0 amide bonds. The number of hydrogen-bond donors (Lipinski definition) is 0. The van der Waals surface area contributed by atoms with Crippen LogP contribution >= 0.6 is 23.5 Å². The molecule has 0 saturated carbocycles. The highest BCUT2D eigenvalue weighted by Crippen LogP contribution is 2.65. The highest BCUT2D eigenvalue weighted by atomic mass is 32.2. The van der Waals surface area contributed by atoms with Gasteiger partial charge in [0, 0.05) is 87.8 Å². The number of anilines is 12. The van der Waals surface area contributed by atoms with E-state index in [2.05, 4.69) is 444 Å². The summed E-state index contributed by atoms with van der Waals surface area (Å²) in [5.41, 5.74) is 40.5. The van der Waals surface area contributed by atoms with E-state index in [0.717, 1.165) is 45.5 Å². The second-order valence-electron chi connectivity index (χ2n) is 31.3. The van der Waals surface area contributed by atoms with Gasteiger partial charge in [-0.15, -0.1) is 0 Å². The van der Waals surface area contributed by atoms with E-state index >= 15 is 0 Å². The van der Waals surface area contributed by atoms with Crippen LogP contribution in [0.2, 0.25) is 0 Å². The van der Waals surface area contributed by atoms with Gasteiger partial charge >= 0.3 is 0 Å². The fourth-order valence-corrected chi connectivity index (χ4v) is 22.5. The van der Waals surface area contributed by atoms with Crippen molar-refractivity contribution >= 4 is 138 Å². The molecule has 4 aliphatic heterocycles. The van der Waals surface area contributed by atoms with E-state index in [1.807, 2.05) is 23.5 Å². The van der Waals surface area contributed by atoms with Crippen molar-refractivity contribution in [3.8, 4) is 66.8 Å². The lowest BCUT2D eigenvalue weighted by molar-refractivity contribution is 0.789. The van der Waals surface area contributed by atoms with Crippen molar-refractivity contribution in [2.45, 2.75) is 25.0 Å². The molecule has 24 rings (SSSR count). The minimum absolute atomic E-state index is 0.138. The normalized spacial score (nSPS) is 13.4. The van der Waals surface area contributed by atoms with Gasteiger partial charge in [-0.1, -0.05) is 338 Å². The van der Waals surface area contributed by atoms with Crippen LogP contribution in [0.4, 0.5) is 68.2 Å². The molecular formula is C109H70B2N4S2. The maximum Gasteiger partial charge on any atom is 0.249 e. The summed E-state index contributed by atoms with van der Waals surface area (Å²) in [5.74, 6) is 0. The van der Waals surface area contributed by atoms with Gasteiger partial charge in [0.25, 0.3) is 0 Å². The van der Waals surface area contributed by atoms with E-state index in [0.29, 0.717) is 0 Å². The minimum atomic E-state index is -0.695. The highest BCUT2D eigenvalue weighted by molar-refractivity contribution is 8.00. The predicted molar refractivity (Wildman–Crippen MR) is 494 cm³/mol. The second-order valence-corrected chi connectivity index (χ2v) is 33.5. The van der Waals surface area contributed by atoms with Crippen molar-refractivity contribution in [2.24, 2.45) is 0 Å². The zero-order chi connectivity index (χ0) is 76.8. The number of fused-ring (bicyclic) bond motifs is 18. The Kier molecular flexibility index (Phi) is 15.6. The van der Waals surface area contributed by atoms with Crippen LogP contribution in [0.15, 0.2) is 444 Å². The molecule has 18 aromatic rings. The molecule has 1 spiro atoms. The summed E-state index contributed by atoms with van der Waals surface area (Å²) < 4.78 is 0. The van der Waals surface area contributed by atoms with Gasteiger partial charge < -0.3 is 19.6 Å². The number of rotatable bonds is 12. The third-order valence-electron chi connectivity index (χ3n) is 25.1. The van der Waals surface area contributed by atoms with Gasteiger partial charge in [-0.25, -0.2) is 0 Å². The predicted octanol–water partition coefficient (Wildman–Crippen LogP) is 25.2. The smallest absolute Gasteiger partial charge is 0.249 e. The minimum Gasteiger partial charge on any atom is -0.311 e. The molecule has 8 heteroatoms. The van der Waals surface area contributed by atoms with Crippen LogP contribution < -0.4 is 52.4 Å². The van der Waals surface area contributed by atoms with Crippen LogP contribution in [-0.4, -0.2) is 13.4 Å². The number of para-hydroxylation sites is 4. The van der Waals surface area contributed by atoms with Gasteiger partial charge in [0.15, 0.2) is 0 Å². The van der Waals surface area contributed by atoms with Gasteiger partial charge in [0.1, 0.15) is 0 Å². The summed E-state index contributed by atoms with van der Waals surface area (Å²) in [4.78, 5) is 15.0. The van der Waals surface area contributed by atoms with Crippen LogP contribution in [0.3, 0.4) is 0 Å². The first-order chi connectivity index (χ1) is 58.0. The Morgan fingerprint density at radius 2 is 0.504 bits per heavy atom. The van der Waals surface area contributed by atoms with Gasteiger partial charge in [-0.05, 0) is 232 Å². The molecule has 2 aliphatic carbocycles. The standard InChI is InChI=1S/C109H70B2N4S2/c1-9-29-71(30-10-1)75-49-55-83(56-50-75)114-99-59-53-77(73-33-13-3-14-34-73)61-95(99)110-97-67-89-87-45-25-27-47-91(87)109(93(89)69-103(97)116-105-65-85(63-101(114)107(105)110)112(79-37-17-5-18-38-79)80-39-19-6-20-40-80)92-48-28-26-46-88(92)90-68-98-104(70-94(90)109)117-106-66-86(113(81-41-21-7-22-42-81)82-43-23-8-24-44-82)64-102-108(106)111(98)96-62-78(74-35-15-4-16-36-74)54-60-100(96)115(102)84-57-51-76(52-58-84)72-31-11-2-12-32-72/h1-70H. The summed E-state index contributed by atoms with van der Waals surface area (Å²) in [5, 5.41) is 0. The van der Waals surface area contributed by atoms with Crippen LogP contribution in [0.5, 0.6) is 0 Å². The maximum absolute atomic E-state index is 2.67. The Balaban J connectivity index is 0.736. The Morgan fingerprint density at radius 3 is 0.855 bits per heavy atom. The summed E-state index contributed by atoms with van der Waals surface area (Å²) in [7, 11) is 0. The van der Waals surface area contributed by atoms with E-state index in [9.17, 15) is 0 Å². The fourth-order valence-electron chi connectivity index (χ4n) is 20.1. The van der Waals surface area contributed by atoms with Gasteiger partial charge in [0.05, 0.1) is 5.41 Å². The van der Waals surface area contributed by atoms with Crippen molar-refractivity contribution in [2.75, 3.05) is 19.6 Å². The molecule has 0 aromatic heterocycles. The molecule has 0 bridgehead atoms. The third kappa shape index (κ3) is 10.6. The average molecular weight is 1520 g/mol. The first-order valence-corrected chi connectivity index (χ1v) is 42.0. The highest BCUT2D eigenvalue weighted by Gasteiger charge is 2.55. The van der Waals surface area contributed by atoms with E-state index in [1.165, 1.54) is 164 Å². The lowest BCUT2D eigenvalue weighted by atomic mass is 9.34. The van der Waals surface area contributed by atoms with Crippen LogP contribution in [0.1, 0.15) is 22.3 Å². The van der Waals surface area contributed by atoms with E-state index in [1.54, 1.807) is 0 Å². The molecule has 4 nitrogen and oxygen atoms in total. The molecule has 0 N–H and O–H groups in total. The molecule has 0 unspecified atom stereocenters. The quantitative estimate of drug-likeness (QED) is 0.112. The molecule has 544 valence electrons. The number of nitrogens with zero attached hydrogens (tertiary/aromatic N) is 4. The molecular weight excluding hydrogens is 1450 g/mol. The van der Waals surface area contributed by atoms with Gasteiger partial charge in [-0.3, -0.25) is 0 Å². The lowest BCUT2D eigenvalue weighted by Crippen LogP contribution is -2.60. The van der Waals surface area contributed by atoms with Crippen molar-refractivity contribution < 1.29 is 0 Å².